The molecule has 3 aromatic carbocycles. The lowest BCUT2D eigenvalue weighted by Crippen LogP contribution is -2.14. The predicted octanol–water partition coefficient (Wildman–Crippen LogP) is 9.89. The average Bonchev–Trinajstić information content (AvgIpc) is 2.71. The summed E-state index contributed by atoms with van der Waals surface area (Å²) in [5, 5.41) is 1.36. The second-order valence-electron chi connectivity index (χ2n) is 7.02. The Morgan fingerprint density at radius 3 is 1.81 bits per heavy atom. The van der Waals surface area contributed by atoms with Gasteiger partial charge in [-0.2, -0.15) is 0 Å². The molecule has 0 atom stereocenters. The number of hydrogen-bond acceptors (Lipinski definition) is 4. The van der Waals surface area contributed by atoms with Gasteiger partial charge in [-0.3, -0.25) is 0 Å². The van der Waals surface area contributed by atoms with Gasteiger partial charge >= 0.3 is 6.72 Å². The molecule has 0 N–H and O–H groups in total. The van der Waals surface area contributed by atoms with Crippen LogP contribution in [0.1, 0.15) is 22.3 Å². The van der Waals surface area contributed by atoms with Crippen LogP contribution in [0.15, 0.2) is 30.3 Å². The summed E-state index contributed by atoms with van der Waals surface area (Å²) >= 11 is 44.3. The van der Waals surface area contributed by atoms with E-state index in [-0.39, 0.29) is 48.1 Å². The van der Waals surface area contributed by atoms with E-state index in [1.54, 1.807) is 6.07 Å². The van der Waals surface area contributed by atoms with Crippen LogP contribution in [0.3, 0.4) is 0 Å². The van der Waals surface area contributed by atoms with E-state index in [0.717, 1.165) is 11.1 Å². The van der Waals surface area contributed by atoms with E-state index in [2.05, 4.69) is 0 Å². The maximum atomic E-state index is 6.52. The monoisotopic (exact) mass is 586 g/mol. The molecule has 3 nitrogen and oxygen atoms in total. The number of hydrogen-bond donors (Lipinski definition) is 0. The molecule has 0 bridgehead atoms. The van der Waals surface area contributed by atoms with Crippen LogP contribution in [0.5, 0.6) is 17.2 Å². The quantitative estimate of drug-likeness (QED) is 0.220. The third-order valence-corrected chi connectivity index (χ3v) is 9.08. The molecule has 32 heavy (non-hydrogen) atoms. The zero-order valence-electron chi connectivity index (χ0n) is 16.4. The molecule has 4 rings (SSSR count). The Balaban J connectivity index is 1.98. The largest absolute Gasteiger partial charge is 0.490 e. The van der Waals surface area contributed by atoms with E-state index < -0.39 is 6.72 Å². The fourth-order valence-electron chi connectivity index (χ4n) is 3.17. The smallest absolute Gasteiger partial charge is 0.407 e. The summed E-state index contributed by atoms with van der Waals surface area (Å²) < 4.78 is 18.5. The van der Waals surface area contributed by atoms with Gasteiger partial charge in [0, 0.05) is 29.4 Å². The summed E-state index contributed by atoms with van der Waals surface area (Å²) in [7, 11) is 0. The second-order valence-corrected chi connectivity index (χ2v) is 12.2. The van der Waals surface area contributed by atoms with Crippen LogP contribution in [-0.2, 0) is 18.2 Å². The van der Waals surface area contributed by atoms with Gasteiger partial charge in [-0.1, -0.05) is 81.7 Å². The van der Waals surface area contributed by atoms with Crippen LogP contribution in [0, 0.1) is 13.8 Å². The molecule has 11 heteroatoms. The number of rotatable bonds is 2. The Morgan fingerprint density at radius 2 is 1.31 bits per heavy atom. The van der Waals surface area contributed by atoms with Crippen molar-refractivity contribution < 1.29 is 13.6 Å². The maximum Gasteiger partial charge on any atom is 0.490 e. The highest BCUT2D eigenvalue weighted by molar-refractivity contribution is 8.08. The van der Waals surface area contributed by atoms with Gasteiger partial charge in [0.2, 0.25) is 0 Å². The highest BCUT2D eigenvalue weighted by Crippen LogP contribution is 2.58. The Labute approximate surface area is 220 Å². The van der Waals surface area contributed by atoms with Crippen molar-refractivity contribution in [3.63, 3.8) is 0 Å². The minimum atomic E-state index is -3.58. The Morgan fingerprint density at radius 1 is 0.812 bits per heavy atom. The number of halogens is 6. The average molecular weight is 589 g/mol. The van der Waals surface area contributed by atoms with Crippen molar-refractivity contribution in [2.45, 2.75) is 20.3 Å². The molecule has 3 aromatic rings. The molecule has 0 unspecified atom stereocenters. The van der Waals surface area contributed by atoms with Gasteiger partial charge in [0.25, 0.3) is 0 Å². The van der Waals surface area contributed by atoms with Crippen molar-refractivity contribution in [3.8, 4) is 17.2 Å². The Kier molecular flexibility index (Phi) is 7.10. The fourth-order valence-corrected chi connectivity index (χ4v) is 6.88. The molecule has 1 aliphatic heterocycles. The predicted molar refractivity (Wildman–Crippen MR) is 138 cm³/mol. The number of fused-ring (bicyclic) bond motifs is 2. The number of benzene rings is 3. The lowest BCUT2D eigenvalue weighted by molar-refractivity contribution is 0.376. The van der Waals surface area contributed by atoms with Gasteiger partial charge in [-0.05, 0) is 43.2 Å². The lowest BCUT2D eigenvalue weighted by atomic mass is 10.0. The van der Waals surface area contributed by atoms with E-state index >= 15 is 0 Å². The van der Waals surface area contributed by atoms with Gasteiger partial charge in [0.15, 0.2) is 11.5 Å². The molecular weight excluding hydrogens is 576 g/mol. The normalized spacial score (nSPS) is 14.4. The SMILES string of the molecule is Cc1cccc(OP2(=S)Oc3c(Cl)cc(Cl)c(Cl)c3Cc3c(Cl)c(Cl)cc(Cl)c3O2)c1C. The highest BCUT2D eigenvalue weighted by atomic mass is 35.5. The molecule has 168 valence electrons. The zero-order valence-corrected chi connectivity index (χ0v) is 22.7. The van der Waals surface area contributed by atoms with Crippen molar-refractivity contribution >= 4 is 88.1 Å². The van der Waals surface area contributed by atoms with E-state index in [4.69, 9.17) is 95.0 Å². The molecule has 1 heterocycles. The summed E-state index contributed by atoms with van der Waals surface area (Å²) in [6.45, 7) is 0.284. The molecule has 0 aromatic heterocycles. The first-order chi connectivity index (χ1) is 15.0. The van der Waals surface area contributed by atoms with E-state index in [1.807, 2.05) is 26.0 Å². The third-order valence-electron chi connectivity index (χ3n) is 4.96. The topological polar surface area (TPSA) is 27.7 Å². The van der Waals surface area contributed by atoms with Crippen molar-refractivity contribution in [2.24, 2.45) is 0 Å². The Hall–Kier alpha value is -0.550. The van der Waals surface area contributed by atoms with E-state index in [1.165, 1.54) is 12.1 Å². The molecule has 1 aliphatic rings. The standard InChI is InChI=1S/C21H13Cl6O3PS/c1-9-4-3-5-17(10(9)2)28-31(32)29-20-11(18(26)13(22)7-15(20)24)6-12-19(27)14(23)8-16(25)21(12)30-31/h3-5,7-8H,6H2,1-2H3. The van der Waals surface area contributed by atoms with Gasteiger partial charge in [0.1, 0.15) is 5.75 Å². The third kappa shape index (κ3) is 4.54. The van der Waals surface area contributed by atoms with Crippen LogP contribution < -0.4 is 13.6 Å². The van der Waals surface area contributed by atoms with Crippen molar-refractivity contribution in [2.75, 3.05) is 0 Å². The summed E-state index contributed by atoms with van der Waals surface area (Å²) in [5.74, 6) is 0.907. The molecule has 0 radical (unpaired) electrons. The molecule has 0 saturated carbocycles. The van der Waals surface area contributed by atoms with Crippen molar-refractivity contribution in [3.05, 3.63) is 82.7 Å². The van der Waals surface area contributed by atoms with Crippen LogP contribution >= 0.6 is 76.3 Å². The van der Waals surface area contributed by atoms with Gasteiger partial charge in [-0.25, -0.2) is 0 Å². The summed E-state index contributed by atoms with van der Waals surface area (Å²) in [5.41, 5.74) is 2.82. The first-order valence-corrected chi connectivity index (χ1v) is 13.9. The first kappa shape index (κ1) is 24.6. The number of aryl methyl sites for hydroxylation is 1. The fraction of sp³-hybridized carbons (Fsp3) is 0.143. The summed E-state index contributed by atoms with van der Waals surface area (Å²) in [6.07, 6.45) is 0.141. The van der Waals surface area contributed by atoms with Gasteiger partial charge in [0.05, 0.1) is 30.1 Å². The van der Waals surface area contributed by atoms with Crippen LogP contribution in [0.4, 0.5) is 0 Å². The molecule has 0 saturated heterocycles. The minimum Gasteiger partial charge on any atom is -0.407 e. The van der Waals surface area contributed by atoms with Crippen LogP contribution in [0.25, 0.3) is 0 Å². The molecular formula is C21H13Cl6O3PS. The second kappa shape index (κ2) is 9.24. The van der Waals surface area contributed by atoms with E-state index in [9.17, 15) is 0 Å². The maximum absolute atomic E-state index is 6.52. The minimum absolute atomic E-state index is 0.141. The molecule has 0 amide bonds. The Bertz CT molecular complexity index is 1240. The zero-order chi connectivity index (χ0) is 23.4. The highest BCUT2D eigenvalue weighted by Gasteiger charge is 2.36. The summed E-state index contributed by atoms with van der Waals surface area (Å²) in [4.78, 5) is 0. The van der Waals surface area contributed by atoms with Crippen LogP contribution in [-0.4, -0.2) is 0 Å². The van der Waals surface area contributed by atoms with Crippen LogP contribution in [0.2, 0.25) is 30.1 Å². The molecule has 0 fully saturated rings. The van der Waals surface area contributed by atoms with E-state index in [0.29, 0.717) is 16.9 Å². The van der Waals surface area contributed by atoms with Gasteiger partial charge < -0.3 is 13.6 Å². The van der Waals surface area contributed by atoms with Crippen molar-refractivity contribution in [1.29, 1.82) is 0 Å². The van der Waals surface area contributed by atoms with Gasteiger partial charge in [-0.15, -0.1) is 0 Å². The first-order valence-electron chi connectivity index (χ1n) is 9.08. The summed E-state index contributed by atoms with van der Waals surface area (Å²) in [6, 6.07) is 8.52. The van der Waals surface area contributed by atoms with Crippen molar-refractivity contribution in [1.82, 2.24) is 0 Å². The molecule has 0 spiro atoms. The molecule has 0 aliphatic carbocycles. The lowest BCUT2D eigenvalue weighted by Gasteiger charge is -2.30.